The molecule has 0 fully saturated rings. The number of aromatic nitrogens is 2. The first-order valence-corrected chi connectivity index (χ1v) is 10.2. The van der Waals surface area contributed by atoms with Crippen LogP contribution < -0.4 is 5.32 Å². The van der Waals surface area contributed by atoms with Gasteiger partial charge in [-0.05, 0) is 54.4 Å². The van der Waals surface area contributed by atoms with Crippen LogP contribution in [0.25, 0.3) is 0 Å². The zero-order chi connectivity index (χ0) is 15.7. The topological polar surface area (TPSA) is 29.9 Å². The molecule has 1 rings (SSSR count). The van der Waals surface area contributed by atoms with Crippen molar-refractivity contribution < 1.29 is 0 Å². The summed E-state index contributed by atoms with van der Waals surface area (Å²) in [6.07, 6.45) is 4.47. The van der Waals surface area contributed by atoms with Crippen molar-refractivity contribution in [1.82, 2.24) is 15.1 Å². The molecule has 0 aliphatic carbocycles. The van der Waals surface area contributed by atoms with E-state index in [-0.39, 0.29) is 0 Å². The molecule has 21 heavy (non-hydrogen) atoms. The van der Waals surface area contributed by atoms with Crippen LogP contribution in [0, 0.1) is 0 Å². The zero-order valence-electron chi connectivity index (χ0n) is 13.9. The van der Waals surface area contributed by atoms with Gasteiger partial charge in [0.2, 0.25) is 0 Å². The minimum Gasteiger partial charge on any atom is -0.313 e. The summed E-state index contributed by atoms with van der Waals surface area (Å²) < 4.78 is 3.38. The average molecular weight is 376 g/mol. The summed E-state index contributed by atoms with van der Waals surface area (Å²) in [6.45, 7) is 10.8. The van der Waals surface area contributed by atoms with Gasteiger partial charge in [-0.3, -0.25) is 4.68 Å². The third-order valence-corrected chi connectivity index (χ3v) is 5.73. The molecule has 0 aromatic carbocycles. The van der Waals surface area contributed by atoms with E-state index in [1.54, 1.807) is 0 Å². The highest BCUT2D eigenvalue weighted by atomic mass is 79.9. The first-order valence-electron chi connectivity index (χ1n) is 8.22. The maximum absolute atomic E-state index is 4.71. The summed E-state index contributed by atoms with van der Waals surface area (Å²) in [5.41, 5.74) is 2.53. The first kappa shape index (κ1) is 19.0. The second-order valence-electron chi connectivity index (χ2n) is 5.31. The summed E-state index contributed by atoms with van der Waals surface area (Å²) in [5.74, 6) is 2.43. The van der Waals surface area contributed by atoms with E-state index in [1.807, 2.05) is 0 Å². The Morgan fingerprint density at radius 1 is 1.24 bits per heavy atom. The highest BCUT2D eigenvalue weighted by Crippen LogP contribution is 2.24. The molecule has 1 N–H and O–H groups in total. The molecule has 1 atom stereocenters. The molecule has 1 heterocycles. The van der Waals surface area contributed by atoms with E-state index in [1.165, 1.54) is 40.2 Å². The van der Waals surface area contributed by atoms with Crippen molar-refractivity contribution in [3.05, 3.63) is 15.9 Å². The van der Waals surface area contributed by atoms with Crippen LogP contribution in [0.1, 0.15) is 51.9 Å². The lowest BCUT2D eigenvalue weighted by Gasteiger charge is -2.19. The number of hydrogen-bond acceptors (Lipinski definition) is 3. The summed E-state index contributed by atoms with van der Waals surface area (Å²) in [6, 6.07) is 0.532. The molecule has 1 aromatic heterocycles. The van der Waals surface area contributed by atoms with Crippen LogP contribution in [0.2, 0.25) is 0 Å². The molecular weight excluding hydrogens is 346 g/mol. The van der Waals surface area contributed by atoms with Crippen molar-refractivity contribution in [2.24, 2.45) is 0 Å². The molecule has 0 bridgehead atoms. The fourth-order valence-corrected chi connectivity index (χ4v) is 4.06. The van der Waals surface area contributed by atoms with E-state index < -0.39 is 0 Å². The van der Waals surface area contributed by atoms with Crippen molar-refractivity contribution in [1.29, 1.82) is 0 Å². The van der Waals surface area contributed by atoms with Gasteiger partial charge in [0.25, 0.3) is 0 Å². The van der Waals surface area contributed by atoms with Crippen molar-refractivity contribution in [2.75, 3.05) is 18.1 Å². The highest BCUT2D eigenvalue weighted by Gasteiger charge is 2.18. The Kier molecular flexibility index (Phi) is 9.69. The van der Waals surface area contributed by atoms with Gasteiger partial charge in [0.1, 0.15) is 0 Å². The molecule has 5 heteroatoms. The average Bonchev–Trinajstić information content (AvgIpc) is 2.80. The number of aryl methyl sites for hydroxylation is 2. The summed E-state index contributed by atoms with van der Waals surface area (Å²) in [7, 11) is 0. The van der Waals surface area contributed by atoms with Crippen LogP contribution in [-0.2, 0) is 19.4 Å². The van der Waals surface area contributed by atoms with Crippen molar-refractivity contribution in [3.8, 4) is 0 Å². The molecule has 1 unspecified atom stereocenters. The first-order chi connectivity index (χ1) is 10.2. The zero-order valence-corrected chi connectivity index (χ0v) is 16.3. The van der Waals surface area contributed by atoms with Crippen LogP contribution >= 0.6 is 27.7 Å². The number of hydrogen-bond donors (Lipinski definition) is 1. The Labute approximate surface area is 142 Å². The predicted octanol–water partition coefficient (Wildman–Crippen LogP) is 4.28. The third kappa shape index (κ3) is 5.95. The van der Waals surface area contributed by atoms with Gasteiger partial charge < -0.3 is 5.32 Å². The van der Waals surface area contributed by atoms with E-state index >= 15 is 0 Å². The molecule has 0 aliphatic rings. The van der Waals surface area contributed by atoms with Gasteiger partial charge in [-0.1, -0.05) is 20.8 Å². The monoisotopic (exact) mass is 375 g/mol. The minimum atomic E-state index is 0.532. The lowest BCUT2D eigenvalue weighted by atomic mass is 10.1. The van der Waals surface area contributed by atoms with E-state index in [2.05, 4.69) is 65.4 Å². The molecule has 1 aromatic rings. The van der Waals surface area contributed by atoms with E-state index in [9.17, 15) is 0 Å². The largest absolute Gasteiger partial charge is 0.313 e. The van der Waals surface area contributed by atoms with Crippen molar-refractivity contribution in [2.45, 2.75) is 66.0 Å². The fourth-order valence-electron chi connectivity index (χ4n) is 2.35. The Bertz CT molecular complexity index is 406. The maximum Gasteiger partial charge on any atom is 0.0766 e. The van der Waals surface area contributed by atoms with Crippen LogP contribution in [0.3, 0.4) is 0 Å². The number of rotatable bonds is 11. The van der Waals surface area contributed by atoms with Crippen molar-refractivity contribution >= 4 is 27.7 Å². The summed E-state index contributed by atoms with van der Waals surface area (Å²) >= 11 is 5.82. The lowest BCUT2D eigenvalue weighted by molar-refractivity contribution is 0.518. The van der Waals surface area contributed by atoms with Gasteiger partial charge in [0, 0.05) is 24.8 Å². The highest BCUT2D eigenvalue weighted by molar-refractivity contribution is 9.10. The normalized spacial score (nSPS) is 12.8. The van der Waals surface area contributed by atoms with Gasteiger partial charge >= 0.3 is 0 Å². The molecule has 0 saturated heterocycles. The molecular formula is C16H30BrN3S. The Hall–Kier alpha value is 0. The minimum absolute atomic E-state index is 0.532. The van der Waals surface area contributed by atoms with E-state index in [4.69, 9.17) is 5.10 Å². The quantitative estimate of drug-likeness (QED) is 0.585. The Balaban J connectivity index is 2.78. The van der Waals surface area contributed by atoms with Crippen LogP contribution in [0.4, 0.5) is 0 Å². The molecule has 0 aliphatic heterocycles. The number of nitrogens with one attached hydrogen (secondary N) is 1. The molecule has 122 valence electrons. The summed E-state index contributed by atoms with van der Waals surface area (Å²) in [4.78, 5) is 0. The van der Waals surface area contributed by atoms with Crippen LogP contribution in [-0.4, -0.2) is 33.9 Å². The Morgan fingerprint density at radius 2 is 2.00 bits per heavy atom. The Morgan fingerprint density at radius 3 is 2.57 bits per heavy atom. The fraction of sp³-hybridized carbons (Fsp3) is 0.812. The van der Waals surface area contributed by atoms with Gasteiger partial charge in [0.15, 0.2) is 0 Å². The predicted molar refractivity (Wildman–Crippen MR) is 98.4 cm³/mol. The van der Waals surface area contributed by atoms with Gasteiger partial charge in [-0.25, -0.2) is 0 Å². The molecule has 0 saturated carbocycles. The molecule has 0 spiro atoms. The second kappa shape index (κ2) is 10.7. The maximum atomic E-state index is 4.71. The van der Waals surface area contributed by atoms with Crippen LogP contribution in [0.15, 0.2) is 4.47 Å². The van der Waals surface area contributed by atoms with Crippen molar-refractivity contribution in [3.63, 3.8) is 0 Å². The van der Waals surface area contributed by atoms with Gasteiger partial charge in [0.05, 0.1) is 15.9 Å². The van der Waals surface area contributed by atoms with E-state index in [0.29, 0.717) is 6.04 Å². The van der Waals surface area contributed by atoms with Crippen LogP contribution in [0.5, 0.6) is 0 Å². The molecule has 0 amide bonds. The number of halogens is 1. The SMILES string of the molecule is CCCNC(CSCCC)Cc1c(Br)c(CC)nn1CC. The van der Waals surface area contributed by atoms with Gasteiger partial charge in [-0.15, -0.1) is 0 Å². The van der Waals surface area contributed by atoms with E-state index in [0.717, 1.165) is 25.9 Å². The number of nitrogens with zero attached hydrogens (tertiary/aromatic N) is 2. The summed E-state index contributed by atoms with van der Waals surface area (Å²) in [5, 5.41) is 8.41. The standard InChI is InChI=1S/C16H30BrN3S/c1-5-9-18-13(12-21-10-6-2)11-15-16(17)14(7-3)19-20(15)8-4/h13,18H,5-12H2,1-4H3. The third-order valence-electron chi connectivity index (χ3n) is 3.48. The number of thioether (sulfide) groups is 1. The second-order valence-corrected chi connectivity index (χ2v) is 7.25. The molecule has 3 nitrogen and oxygen atoms in total. The lowest BCUT2D eigenvalue weighted by Crippen LogP contribution is -2.35. The molecule has 0 radical (unpaired) electrons. The smallest absolute Gasteiger partial charge is 0.0766 e. The van der Waals surface area contributed by atoms with Gasteiger partial charge in [-0.2, -0.15) is 16.9 Å².